The third-order valence-corrected chi connectivity index (χ3v) is 4.00. The first-order valence-corrected chi connectivity index (χ1v) is 7.99. The van der Waals surface area contributed by atoms with Crippen LogP contribution in [0.1, 0.15) is 12.0 Å². The number of nitrogens with one attached hydrogen (secondary N) is 1. The second kappa shape index (κ2) is 8.98. The molecule has 1 aromatic rings. The number of morpholine rings is 1. The Kier molecular flexibility index (Phi) is 6.96. The Balaban J connectivity index is 1.58. The van der Waals surface area contributed by atoms with Gasteiger partial charge in [-0.2, -0.15) is 0 Å². The maximum absolute atomic E-state index is 11.7. The summed E-state index contributed by atoms with van der Waals surface area (Å²) in [6.07, 6.45) is 0.936. The summed E-state index contributed by atoms with van der Waals surface area (Å²) in [6, 6.07) is 5.36. The molecule has 1 amide bonds. The third-order valence-electron chi connectivity index (χ3n) is 3.58. The fraction of sp³-hybridized carbons (Fsp3) is 0.562. The summed E-state index contributed by atoms with van der Waals surface area (Å²) in [4.78, 5) is 14.1. The molecule has 0 radical (unpaired) electrons. The minimum Gasteiger partial charge on any atom is -0.484 e. The van der Waals surface area contributed by atoms with Crippen molar-refractivity contribution in [1.82, 2.24) is 10.2 Å². The molecular weight excluding hydrogens is 304 g/mol. The van der Waals surface area contributed by atoms with Crippen LogP contribution in [0.25, 0.3) is 0 Å². The molecule has 1 saturated heterocycles. The van der Waals surface area contributed by atoms with Gasteiger partial charge >= 0.3 is 0 Å². The molecule has 0 aromatic heterocycles. The van der Waals surface area contributed by atoms with Crippen molar-refractivity contribution >= 4 is 17.5 Å². The average Bonchev–Trinajstić information content (AvgIpc) is 2.54. The van der Waals surface area contributed by atoms with Crippen LogP contribution in [-0.2, 0) is 9.53 Å². The highest BCUT2D eigenvalue weighted by atomic mass is 35.5. The van der Waals surface area contributed by atoms with Crippen LogP contribution in [0.5, 0.6) is 5.75 Å². The number of hydrogen-bond acceptors (Lipinski definition) is 4. The topological polar surface area (TPSA) is 50.8 Å². The van der Waals surface area contributed by atoms with Gasteiger partial charge in [0.2, 0.25) is 0 Å². The number of ether oxygens (including phenoxy) is 2. The second-order valence-electron chi connectivity index (χ2n) is 5.36. The Labute approximate surface area is 136 Å². The van der Waals surface area contributed by atoms with Crippen molar-refractivity contribution in [3.8, 4) is 5.75 Å². The van der Waals surface area contributed by atoms with Crippen LogP contribution in [0.4, 0.5) is 0 Å². The minimum absolute atomic E-state index is 0.0264. The van der Waals surface area contributed by atoms with Crippen molar-refractivity contribution in [1.29, 1.82) is 0 Å². The number of rotatable bonds is 7. The Bertz CT molecular complexity index is 490. The maximum atomic E-state index is 11.7. The molecule has 2 rings (SSSR count). The first-order chi connectivity index (χ1) is 10.6. The van der Waals surface area contributed by atoms with Crippen molar-refractivity contribution in [2.24, 2.45) is 0 Å². The highest BCUT2D eigenvalue weighted by Gasteiger charge is 2.09. The van der Waals surface area contributed by atoms with Crippen LogP contribution in [0.3, 0.4) is 0 Å². The van der Waals surface area contributed by atoms with Gasteiger partial charge in [-0.3, -0.25) is 9.69 Å². The van der Waals surface area contributed by atoms with E-state index < -0.39 is 0 Å². The predicted octanol–water partition coefficient (Wildman–Crippen LogP) is 1.87. The molecule has 0 spiro atoms. The van der Waals surface area contributed by atoms with Crippen LogP contribution in [0.2, 0.25) is 5.02 Å². The first kappa shape index (κ1) is 17.1. The number of carbonyl (C=O) groups excluding carboxylic acids is 1. The van der Waals surface area contributed by atoms with Crippen LogP contribution in [0.15, 0.2) is 18.2 Å². The summed E-state index contributed by atoms with van der Waals surface area (Å²) >= 11 is 5.95. The Hall–Kier alpha value is -1.30. The lowest BCUT2D eigenvalue weighted by atomic mass is 10.2. The van der Waals surface area contributed by atoms with Gasteiger partial charge in [0.15, 0.2) is 6.61 Å². The van der Waals surface area contributed by atoms with E-state index in [1.807, 2.05) is 13.0 Å². The maximum Gasteiger partial charge on any atom is 0.257 e. The summed E-state index contributed by atoms with van der Waals surface area (Å²) in [7, 11) is 0. The first-order valence-electron chi connectivity index (χ1n) is 7.61. The van der Waals surface area contributed by atoms with Crippen molar-refractivity contribution in [3.05, 3.63) is 28.8 Å². The Morgan fingerprint density at radius 2 is 2.18 bits per heavy atom. The molecule has 1 heterocycles. The number of amides is 1. The number of carbonyl (C=O) groups is 1. The van der Waals surface area contributed by atoms with Gasteiger partial charge in [0.1, 0.15) is 5.75 Å². The van der Waals surface area contributed by atoms with Gasteiger partial charge in [-0.1, -0.05) is 11.6 Å². The van der Waals surface area contributed by atoms with Crippen LogP contribution in [0, 0.1) is 6.92 Å². The summed E-state index contributed by atoms with van der Waals surface area (Å²) < 4.78 is 10.8. The molecule has 0 atom stereocenters. The Morgan fingerprint density at radius 1 is 1.41 bits per heavy atom. The van der Waals surface area contributed by atoms with E-state index in [2.05, 4.69) is 10.2 Å². The monoisotopic (exact) mass is 326 g/mol. The molecule has 1 aliphatic rings. The molecule has 1 fully saturated rings. The molecule has 122 valence electrons. The van der Waals surface area contributed by atoms with E-state index in [-0.39, 0.29) is 12.5 Å². The molecule has 1 N–H and O–H groups in total. The smallest absolute Gasteiger partial charge is 0.257 e. The molecule has 6 heteroatoms. The molecular formula is C16H23ClN2O3. The highest BCUT2D eigenvalue weighted by molar-refractivity contribution is 6.31. The fourth-order valence-electron chi connectivity index (χ4n) is 2.26. The average molecular weight is 327 g/mol. The molecule has 0 bridgehead atoms. The lowest BCUT2D eigenvalue weighted by Gasteiger charge is -2.26. The van der Waals surface area contributed by atoms with Crippen molar-refractivity contribution < 1.29 is 14.3 Å². The number of benzene rings is 1. The summed E-state index contributed by atoms with van der Waals surface area (Å²) in [5, 5.41) is 3.56. The minimum atomic E-state index is -0.102. The molecule has 1 aromatic carbocycles. The van der Waals surface area contributed by atoms with E-state index in [9.17, 15) is 4.79 Å². The highest BCUT2D eigenvalue weighted by Crippen LogP contribution is 2.20. The van der Waals surface area contributed by atoms with Gasteiger partial charge in [0.25, 0.3) is 5.91 Å². The SMILES string of the molecule is Cc1cc(OCC(=O)NCCCN2CCOCC2)ccc1Cl. The van der Waals surface area contributed by atoms with E-state index >= 15 is 0 Å². The fourth-order valence-corrected chi connectivity index (χ4v) is 2.38. The van der Waals surface area contributed by atoms with E-state index in [1.54, 1.807) is 12.1 Å². The van der Waals surface area contributed by atoms with Gasteiger partial charge in [0, 0.05) is 24.7 Å². The summed E-state index contributed by atoms with van der Waals surface area (Å²) in [6.45, 7) is 7.15. The lowest BCUT2D eigenvalue weighted by molar-refractivity contribution is -0.123. The molecule has 0 saturated carbocycles. The van der Waals surface area contributed by atoms with Crippen molar-refractivity contribution in [2.75, 3.05) is 46.0 Å². The third kappa shape index (κ3) is 5.83. The van der Waals surface area contributed by atoms with Crippen molar-refractivity contribution in [2.45, 2.75) is 13.3 Å². The van der Waals surface area contributed by atoms with Gasteiger partial charge < -0.3 is 14.8 Å². The number of hydrogen-bond donors (Lipinski definition) is 1. The van der Waals surface area contributed by atoms with E-state index in [0.29, 0.717) is 17.3 Å². The molecule has 5 nitrogen and oxygen atoms in total. The largest absolute Gasteiger partial charge is 0.484 e. The van der Waals surface area contributed by atoms with Gasteiger partial charge in [-0.15, -0.1) is 0 Å². The summed E-state index contributed by atoms with van der Waals surface area (Å²) in [5.41, 5.74) is 0.935. The number of halogens is 1. The Morgan fingerprint density at radius 3 is 2.91 bits per heavy atom. The number of nitrogens with zero attached hydrogens (tertiary/aromatic N) is 1. The van der Waals surface area contributed by atoms with E-state index in [0.717, 1.165) is 44.8 Å². The van der Waals surface area contributed by atoms with Gasteiger partial charge in [0.05, 0.1) is 13.2 Å². The quantitative estimate of drug-likeness (QED) is 0.777. The van der Waals surface area contributed by atoms with Gasteiger partial charge in [-0.25, -0.2) is 0 Å². The number of aryl methyl sites for hydroxylation is 1. The zero-order valence-corrected chi connectivity index (χ0v) is 13.7. The summed E-state index contributed by atoms with van der Waals surface area (Å²) in [5.74, 6) is 0.556. The van der Waals surface area contributed by atoms with Crippen LogP contribution < -0.4 is 10.1 Å². The van der Waals surface area contributed by atoms with E-state index in [1.165, 1.54) is 0 Å². The van der Waals surface area contributed by atoms with Gasteiger partial charge in [-0.05, 0) is 43.7 Å². The predicted molar refractivity (Wildman–Crippen MR) is 86.6 cm³/mol. The molecule has 22 heavy (non-hydrogen) atoms. The van der Waals surface area contributed by atoms with E-state index in [4.69, 9.17) is 21.1 Å². The van der Waals surface area contributed by atoms with Crippen molar-refractivity contribution in [3.63, 3.8) is 0 Å². The lowest BCUT2D eigenvalue weighted by Crippen LogP contribution is -2.38. The zero-order valence-electron chi connectivity index (χ0n) is 12.9. The van der Waals surface area contributed by atoms with Crippen LogP contribution in [-0.4, -0.2) is 56.8 Å². The second-order valence-corrected chi connectivity index (χ2v) is 5.76. The zero-order chi connectivity index (χ0) is 15.8. The molecule has 0 unspecified atom stereocenters. The molecule has 0 aliphatic carbocycles. The molecule has 1 aliphatic heterocycles. The standard InChI is InChI=1S/C16H23ClN2O3/c1-13-11-14(3-4-15(13)17)22-12-16(20)18-5-2-6-19-7-9-21-10-8-19/h3-4,11H,2,5-10,12H2,1H3,(H,18,20). The normalized spacial score (nSPS) is 15.5. The van der Waals surface area contributed by atoms with Crippen LogP contribution >= 0.6 is 11.6 Å².